The molecule has 4 nitrogen and oxygen atoms in total. The standard InChI is InChI=1S/C18H22N2O2S/c1-14(16-6-11-23-13-16)19-7-9-20(10-8-19)18(22)12-15-2-4-17(21)5-3-15/h2-6,11,13-14,21H,7-10,12H2,1H3. The SMILES string of the molecule is CC(c1ccsc1)N1CCN(C(=O)Cc2ccc(O)cc2)CC1. The summed E-state index contributed by atoms with van der Waals surface area (Å²) in [6, 6.07) is 9.46. The summed E-state index contributed by atoms with van der Waals surface area (Å²) in [6.07, 6.45) is 0.403. The van der Waals surface area contributed by atoms with Crippen molar-refractivity contribution >= 4 is 17.2 Å². The van der Waals surface area contributed by atoms with Gasteiger partial charge in [0.15, 0.2) is 0 Å². The fraction of sp³-hybridized carbons (Fsp3) is 0.389. The number of aromatic hydroxyl groups is 1. The van der Waals surface area contributed by atoms with Gasteiger partial charge < -0.3 is 10.0 Å². The maximum absolute atomic E-state index is 12.4. The Morgan fingerprint density at radius 1 is 1.17 bits per heavy atom. The molecule has 1 aliphatic heterocycles. The molecule has 3 rings (SSSR count). The molecule has 1 aromatic heterocycles. The average Bonchev–Trinajstić information content (AvgIpc) is 3.11. The lowest BCUT2D eigenvalue weighted by Crippen LogP contribution is -2.49. The Hall–Kier alpha value is -1.85. The van der Waals surface area contributed by atoms with Crippen LogP contribution in [0.3, 0.4) is 0 Å². The Morgan fingerprint density at radius 3 is 2.48 bits per heavy atom. The molecular formula is C18H22N2O2S. The van der Waals surface area contributed by atoms with Crippen LogP contribution in [0.2, 0.25) is 0 Å². The molecule has 1 saturated heterocycles. The van der Waals surface area contributed by atoms with Crippen molar-refractivity contribution in [2.24, 2.45) is 0 Å². The van der Waals surface area contributed by atoms with E-state index in [1.807, 2.05) is 17.0 Å². The van der Waals surface area contributed by atoms with E-state index in [-0.39, 0.29) is 11.7 Å². The number of carbonyl (C=O) groups is 1. The monoisotopic (exact) mass is 330 g/mol. The highest BCUT2D eigenvalue weighted by molar-refractivity contribution is 7.07. The number of hydrogen-bond acceptors (Lipinski definition) is 4. The van der Waals surface area contributed by atoms with Gasteiger partial charge in [0.25, 0.3) is 0 Å². The van der Waals surface area contributed by atoms with Crippen LogP contribution in [0.5, 0.6) is 5.75 Å². The van der Waals surface area contributed by atoms with Crippen molar-refractivity contribution < 1.29 is 9.90 Å². The Labute approximate surface area is 141 Å². The van der Waals surface area contributed by atoms with E-state index in [0.717, 1.165) is 31.7 Å². The quantitative estimate of drug-likeness (QED) is 0.937. The molecule has 1 amide bonds. The molecule has 1 N–H and O–H groups in total. The number of piperazine rings is 1. The van der Waals surface area contributed by atoms with Gasteiger partial charge in [0.1, 0.15) is 5.75 Å². The molecule has 122 valence electrons. The zero-order chi connectivity index (χ0) is 16.2. The molecule has 0 bridgehead atoms. The van der Waals surface area contributed by atoms with Crippen molar-refractivity contribution in [3.8, 4) is 5.75 Å². The van der Waals surface area contributed by atoms with E-state index in [1.54, 1.807) is 23.5 Å². The second-order valence-corrected chi connectivity index (χ2v) is 6.77. The van der Waals surface area contributed by atoms with Crippen molar-refractivity contribution in [1.29, 1.82) is 0 Å². The van der Waals surface area contributed by atoms with Gasteiger partial charge in [-0.2, -0.15) is 11.3 Å². The van der Waals surface area contributed by atoms with Gasteiger partial charge in [-0.1, -0.05) is 12.1 Å². The molecule has 2 heterocycles. The van der Waals surface area contributed by atoms with Gasteiger partial charge in [-0.15, -0.1) is 0 Å². The van der Waals surface area contributed by atoms with Crippen LogP contribution in [0, 0.1) is 0 Å². The van der Waals surface area contributed by atoms with Crippen molar-refractivity contribution in [2.75, 3.05) is 26.2 Å². The summed E-state index contributed by atoms with van der Waals surface area (Å²) in [5.41, 5.74) is 2.31. The largest absolute Gasteiger partial charge is 0.508 e. The minimum atomic E-state index is 0.165. The van der Waals surface area contributed by atoms with E-state index in [0.29, 0.717) is 12.5 Å². The normalized spacial score (nSPS) is 17.2. The van der Waals surface area contributed by atoms with Crippen LogP contribution in [0.15, 0.2) is 41.1 Å². The topological polar surface area (TPSA) is 43.8 Å². The van der Waals surface area contributed by atoms with Crippen LogP contribution in [0.1, 0.15) is 24.1 Å². The van der Waals surface area contributed by atoms with Crippen LogP contribution < -0.4 is 0 Å². The van der Waals surface area contributed by atoms with Gasteiger partial charge in [-0.3, -0.25) is 9.69 Å². The molecule has 1 fully saturated rings. The summed E-state index contributed by atoms with van der Waals surface area (Å²) in [6.45, 7) is 5.63. The number of hydrogen-bond donors (Lipinski definition) is 1. The third kappa shape index (κ3) is 3.92. The molecule has 1 atom stereocenters. The molecule has 1 aromatic carbocycles. The van der Waals surface area contributed by atoms with E-state index in [2.05, 4.69) is 28.7 Å². The molecule has 1 aliphatic rings. The Kier molecular flexibility index (Phi) is 4.98. The number of benzene rings is 1. The smallest absolute Gasteiger partial charge is 0.227 e. The first-order chi connectivity index (χ1) is 11.1. The predicted octanol–water partition coefficient (Wildman–Crippen LogP) is 2.90. The number of nitrogens with zero attached hydrogens (tertiary/aromatic N) is 2. The third-order valence-corrected chi connectivity index (χ3v) is 5.23. The van der Waals surface area contributed by atoms with Crippen LogP contribution in [0.25, 0.3) is 0 Å². The third-order valence-electron chi connectivity index (χ3n) is 4.53. The minimum Gasteiger partial charge on any atom is -0.508 e. The molecule has 0 aliphatic carbocycles. The molecule has 0 radical (unpaired) electrons. The number of amides is 1. The fourth-order valence-electron chi connectivity index (χ4n) is 2.98. The van der Waals surface area contributed by atoms with Crippen molar-refractivity contribution in [2.45, 2.75) is 19.4 Å². The highest BCUT2D eigenvalue weighted by Gasteiger charge is 2.24. The van der Waals surface area contributed by atoms with Crippen LogP contribution >= 0.6 is 11.3 Å². The lowest BCUT2D eigenvalue weighted by molar-refractivity contribution is -0.132. The van der Waals surface area contributed by atoms with Gasteiger partial charge in [-0.25, -0.2) is 0 Å². The average molecular weight is 330 g/mol. The van der Waals surface area contributed by atoms with E-state index in [4.69, 9.17) is 0 Å². The van der Waals surface area contributed by atoms with Gasteiger partial charge >= 0.3 is 0 Å². The predicted molar refractivity (Wildman–Crippen MR) is 92.7 cm³/mol. The van der Waals surface area contributed by atoms with Crippen molar-refractivity contribution in [3.63, 3.8) is 0 Å². The molecule has 0 saturated carbocycles. The summed E-state index contributed by atoms with van der Waals surface area (Å²) < 4.78 is 0. The lowest BCUT2D eigenvalue weighted by atomic mass is 10.1. The van der Waals surface area contributed by atoms with E-state index >= 15 is 0 Å². The summed E-state index contributed by atoms with van der Waals surface area (Å²) in [4.78, 5) is 16.8. The number of phenolic OH excluding ortho intramolecular Hbond substituents is 1. The summed E-state index contributed by atoms with van der Waals surface area (Å²) in [5, 5.41) is 13.6. The fourth-order valence-corrected chi connectivity index (χ4v) is 3.73. The van der Waals surface area contributed by atoms with Gasteiger partial charge in [0.05, 0.1) is 6.42 Å². The van der Waals surface area contributed by atoms with Crippen molar-refractivity contribution in [3.05, 3.63) is 52.2 Å². The summed E-state index contributed by atoms with van der Waals surface area (Å²) in [5.74, 6) is 0.399. The second-order valence-electron chi connectivity index (χ2n) is 5.99. The number of carbonyl (C=O) groups excluding carboxylic acids is 1. The molecule has 0 spiro atoms. The Bertz CT molecular complexity index is 632. The van der Waals surface area contributed by atoms with Crippen LogP contribution in [-0.4, -0.2) is 47.0 Å². The number of rotatable bonds is 4. The first-order valence-corrected chi connectivity index (χ1v) is 8.89. The van der Waals surface area contributed by atoms with Gasteiger partial charge in [0.2, 0.25) is 5.91 Å². The zero-order valence-corrected chi connectivity index (χ0v) is 14.1. The number of thiophene rings is 1. The lowest BCUT2D eigenvalue weighted by Gasteiger charge is -2.38. The van der Waals surface area contributed by atoms with E-state index in [9.17, 15) is 9.90 Å². The van der Waals surface area contributed by atoms with Gasteiger partial charge in [0, 0.05) is 32.2 Å². The Morgan fingerprint density at radius 2 is 1.87 bits per heavy atom. The Balaban J connectivity index is 1.52. The highest BCUT2D eigenvalue weighted by atomic mass is 32.1. The maximum Gasteiger partial charge on any atom is 0.227 e. The molecule has 5 heteroatoms. The zero-order valence-electron chi connectivity index (χ0n) is 13.3. The first kappa shape index (κ1) is 16.0. The van der Waals surface area contributed by atoms with Crippen molar-refractivity contribution in [1.82, 2.24) is 9.80 Å². The van der Waals surface area contributed by atoms with Gasteiger partial charge in [-0.05, 0) is 47.0 Å². The molecule has 1 unspecified atom stereocenters. The highest BCUT2D eigenvalue weighted by Crippen LogP contribution is 2.23. The second kappa shape index (κ2) is 7.15. The molecule has 2 aromatic rings. The van der Waals surface area contributed by atoms with Crippen LogP contribution in [-0.2, 0) is 11.2 Å². The van der Waals surface area contributed by atoms with E-state index < -0.39 is 0 Å². The minimum absolute atomic E-state index is 0.165. The first-order valence-electron chi connectivity index (χ1n) is 7.95. The molecule has 23 heavy (non-hydrogen) atoms. The summed E-state index contributed by atoms with van der Waals surface area (Å²) >= 11 is 1.73. The number of phenols is 1. The molecular weight excluding hydrogens is 308 g/mol. The van der Waals surface area contributed by atoms with Crippen LogP contribution in [0.4, 0.5) is 0 Å². The van der Waals surface area contributed by atoms with E-state index in [1.165, 1.54) is 5.56 Å². The maximum atomic E-state index is 12.4. The summed E-state index contributed by atoms with van der Waals surface area (Å²) in [7, 11) is 0.